The molecule has 0 atom stereocenters. The number of anilines is 1. The van der Waals surface area contributed by atoms with Gasteiger partial charge in [-0.2, -0.15) is 0 Å². The van der Waals surface area contributed by atoms with Gasteiger partial charge in [-0.25, -0.2) is 0 Å². The minimum absolute atomic E-state index is 0.0858. The van der Waals surface area contributed by atoms with E-state index in [-0.39, 0.29) is 5.78 Å². The Morgan fingerprint density at radius 2 is 1.62 bits per heavy atom. The van der Waals surface area contributed by atoms with Gasteiger partial charge in [-0.05, 0) is 55.1 Å². The molecule has 0 fully saturated rings. The molecule has 0 saturated heterocycles. The van der Waals surface area contributed by atoms with Crippen LogP contribution in [0.25, 0.3) is 11.1 Å². The molecule has 0 radical (unpaired) electrons. The van der Waals surface area contributed by atoms with Crippen LogP contribution in [0.4, 0.5) is 5.69 Å². The van der Waals surface area contributed by atoms with E-state index >= 15 is 0 Å². The van der Waals surface area contributed by atoms with Crippen LogP contribution in [0.2, 0.25) is 0 Å². The van der Waals surface area contributed by atoms with Gasteiger partial charge in [0.2, 0.25) is 0 Å². The second kappa shape index (κ2) is 8.94. The quantitative estimate of drug-likeness (QED) is 0.368. The molecule has 1 N–H and O–H groups in total. The second-order valence-electron chi connectivity index (χ2n) is 5.22. The van der Waals surface area contributed by atoms with E-state index in [1.54, 1.807) is 24.9 Å². The van der Waals surface area contributed by atoms with Crippen molar-refractivity contribution in [3.05, 3.63) is 89.9 Å². The Morgan fingerprint density at radius 3 is 2.12 bits per heavy atom. The average molecular weight is 335 g/mol. The summed E-state index contributed by atoms with van der Waals surface area (Å²) in [5.74, 6) is 0.0858. The van der Waals surface area contributed by atoms with Crippen molar-refractivity contribution in [3.63, 3.8) is 0 Å². The number of carbonyl (C=O) groups excluding carboxylic acids is 1. The zero-order chi connectivity index (χ0) is 17.4. The highest BCUT2D eigenvalue weighted by molar-refractivity contribution is 8.04. The summed E-state index contributed by atoms with van der Waals surface area (Å²) in [5.41, 5.74) is 3.99. The molecule has 0 aliphatic rings. The van der Waals surface area contributed by atoms with Crippen LogP contribution in [0, 0.1) is 0 Å². The maximum atomic E-state index is 11.3. The van der Waals surface area contributed by atoms with Gasteiger partial charge in [0, 0.05) is 16.2 Å². The van der Waals surface area contributed by atoms with E-state index < -0.39 is 0 Å². The minimum Gasteiger partial charge on any atom is -0.326 e. The van der Waals surface area contributed by atoms with E-state index in [9.17, 15) is 4.79 Å². The minimum atomic E-state index is 0.0858. The summed E-state index contributed by atoms with van der Waals surface area (Å²) in [4.78, 5) is 12.4. The molecule has 3 heteroatoms. The Morgan fingerprint density at radius 1 is 1.04 bits per heavy atom. The Kier molecular flexibility index (Phi) is 6.64. The van der Waals surface area contributed by atoms with Gasteiger partial charge in [0.15, 0.2) is 5.78 Å². The Balaban J connectivity index is 2.06. The molecule has 2 rings (SSSR count). The van der Waals surface area contributed by atoms with Crippen LogP contribution in [0.5, 0.6) is 0 Å². The first-order valence-electron chi connectivity index (χ1n) is 7.73. The standard InChI is InChI=1S/C21H21NOS/c1-4-6-21(7-5-2)24-22-20-14-12-19(13-15-20)18-10-8-17(9-11-18)16(3)23/h4-15,22H,1H2,2-3H3/b7-5-,21-6+. The Labute approximate surface area is 148 Å². The van der Waals surface area contributed by atoms with Gasteiger partial charge in [-0.15, -0.1) is 0 Å². The zero-order valence-corrected chi connectivity index (χ0v) is 14.8. The molecule has 0 spiro atoms. The average Bonchev–Trinajstić information content (AvgIpc) is 2.60. The van der Waals surface area contributed by atoms with Crippen LogP contribution in [-0.2, 0) is 0 Å². The normalized spacial score (nSPS) is 11.5. The molecule has 0 unspecified atom stereocenters. The highest BCUT2D eigenvalue weighted by atomic mass is 32.2. The molecule has 0 aliphatic heterocycles. The van der Waals surface area contributed by atoms with Gasteiger partial charge >= 0.3 is 0 Å². The van der Waals surface area contributed by atoms with Crippen LogP contribution in [0.1, 0.15) is 24.2 Å². The lowest BCUT2D eigenvalue weighted by Gasteiger charge is -2.08. The van der Waals surface area contributed by atoms with E-state index in [4.69, 9.17) is 0 Å². The molecule has 0 amide bonds. The maximum absolute atomic E-state index is 11.3. The number of carbonyl (C=O) groups is 1. The first-order chi connectivity index (χ1) is 11.6. The van der Waals surface area contributed by atoms with Gasteiger partial charge in [0.05, 0.1) is 0 Å². The number of allylic oxidation sites excluding steroid dienone is 4. The molecule has 24 heavy (non-hydrogen) atoms. The van der Waals surface area contributed by atoms with E-state index in [1.165, 1.54) is 0 Å². The van der Waals surface area contributed by atoms with Crippen molar-refractivity contribution in [2.24, 2.45) is 0 Å². The highest BCUT2D eigenvalue weighted by Gasteiger charge is 2.02. The molecular formula is C21H21NOS. The summed E-state index contributed by atoms with van der Waals surface area (Å²) in [6, 6.07) is 15.9. The Bertz CT molecular complexity index is 755. The van der Waals surface area contributed by atoms with Crippen LogP contribution < -0.4 is 4.72 Å². The molecule has 2 aromatic rings. The summed E-state index contributed by atoms with van der Waals surface area (Å²) in [7, 11) is 0. The van der Waals surface area contributed by atoms with E-state index in [0.717, 1.165) is 27.3 Å². The molecule has 0 aromatic heterocycles. The first-order valence-corrected chi connectivity index (χ1v) is 8.55. The van der Waals surface area contributed by atoms with E-state index in [2.05, 4.69) is 23.4 Å². The monoisotopic (exact) mass is 335 g/mol. The molecule has 122 valence electrons. The van der Waals surface area contributed by atoms with Crippen molar-refractivity contribution in [2.75, 3.05) is 4.72 Å². The highest BCUT2D eigenvalue weighted by Crippen LogP contribution is 2.25. The van der Waals surface area contributed by atoms with E-state index in [1.807, 2.05) is 61.5 Å². The predicted molar refractivity (Wildman–Crippen MR) is 106 cm³/mol. The van der Waals surface area contributed by atoms with Gasteiger partial charge in [-0.3, -0.25) is 4.79 Å². The number of rotatable bonds is 7. The van der Waals surface area contributed by atoms with Crippen LogP contribution >= 0.6 is 11.9 Å². The number of ketones is 1. The number of Topliss-reactive ketones (excluding diaryl/α,β-unsaturated/α-hetero) is 1. The number of benzene rings is 2. The number of nitrogens with one attached hydrogen (secondary N) is 1. The molecular weight excluding hydrogens is 314 g/mol. The van der Waals surface area contributed by atoms with Crippen molar-refractivity contribution in [1.29, 1.82) is 0 Å². The lowest BCUT2D eigenvalue weighted by molar-refractivity contribution is 0.101. The number of hydrogen-bond acceptors (Lipinski definition) is 3. The van der Waals surface area contributed by atoms with Crippen molar-refractivity contribution in [1.82, 2.24) is 0 Å². The maximum Gasteiger partial charge on any atom is 0.159 e. The fourth-order valence-corrected chi connectivity index (χ4v) is 2.89. The largest absolute Gasteiger partial charge is 0.326 e. The summed E-state index contributed by atoms with van der Waals surface area (Å²) >= 11 is 1.55. The van der Waals surface area contributed by atoms with Gasteiger partial charge in [0.25, 0.3) is 0 Å². The lowest BCUT2D eigenvalue weighted by Crippen LogP contribution is -1.91. The van der Waals surface area contributed by atoms with Crippen LogP contribution in [0.3, 0.4) is 0 Å². The van der Waals surface area contributed by atoms with Crippen molar-refractivity contribution in [3.8, 4) is 11.1 Å². The Hall–Kier alpha value is -2.52. The summed E-state index contributed by atoms with van der Waals surface area (Å²) < 4.78 is 3.32. The summed E-state index contributed by atoms with van der Waals surface area (Å²) in [6.45, 7) is 7.30. The lowest BCUT2D eigenvalue weighted by atomic mass is 10.0. The fourth-order valence-electron chi connectivity index (χ4n) is 2.15. The fraction of sp³-hybridized carbons (Fsp3) is 0.0952. The van der Waals surface area contributed by atoms with Crippen molar-refractivity contribution in [2.45, 2.75) is 13.8 Å². The summed E-state index contributed by atoms with van der Waals surface area (Å²) in [5, 5.41) is 0. The zero-order valence-electron chi connectivity index (χ0n) is 14.0. The van der Waals surface area contributed by atoms with E-state index in [0.29, 0.717) is 0 Å². The topological polar surface area (TPSA) is 29.1 Å². The third-order valence-corrected chi connectivity index (χ3v) is 4.26. The van der Waals surface area contributed by atoms with Gasteiger partial charge in [-0.1, -0.05) is 61.2 Å². The molecule has 0 saturated carbocycles. The molecule has 0 aliphatic carbocycles. The third-order valence-electron chi connectivity index (χ3n) is 3.41. The summed E-state index contributed by atoms with van der Waals surface area (Å²) in [6.07, 6.45) is 7.77. The second-order valence-corrected chi connectivity index (χ2v) is 6.10. The molecule has 2 nitrogen and oxygen atoms in total. The SMILES string of the molecule is C=C/C=C(\C=C/C)SNc1ccc(-c2ccc(C(C)=O)cc2)cc1. The smallest absolute Gasteiger partial charge is 0.159 e. The van der Waals surface area contributed by atoms with Crippen molar-refractivity contribution >= 4 is 23.4 Å². The molecule has 2 aromatic carbocycles. The van der Waals surface area contributed by atoms with Crippen LogP contribution in [0.15, 0.2) is 84.3 Å². The first kappa shape index (κ1) is 17.8. The van der Waals surface area contributed by atoms with Gasteiger partial charge < -0.3 is 4.72 Å². The molecule has 0 heterocycles. The van der Waals surface area contributed by atoms with Crippen LogP contribution in [-0.4, -0.2) is 5.78 Å². The molecule has 0 bridgehead atoms. The number of hydrogen-bond donors (Lipinski definition) is 1. The van der Waals surface area contributed by atoms with Gasteiger partial charge in [0.1, 0.15) is 0 Å². The predicted octanol–water partition coefficient (Wildman–Crippen LogP) is 6.26. The third kappa shape index (κ3) is 5.00. The van der Waals surface area contributed by atoms with Crippen molar-refractivity contribution < 1.29 is 4.79 Å².